The molecule has 0 aliphatic rings. The number of aromatic nitrogens is 2. The summed E-state index contributed by atoms with van der Waals surface area (Å²) in [7, 11) is 0. The molecule has 3 nitrogen and oxygen atoms in total. The van der Waals surface area contributed by atoms with Crippen molar-refractivity contribution in [3.63, 3.8) is 0 Å². The van der Waals surface area contributed by atoms with Crippen molar-refractivity contribution in [3.05, 3.63) is 35.1 Å². The van der Waals surface area contributed by atoms with E-state index in [1.165, 1.54) is 11.3 Å². The van der Waals surface area contributed by atoms with E-state index in [1.54, 1.807) is 6.20 Å². The average Bonchev–Trinajstić information content (AvgIpc) is 2.85. The molecule has 0 bridgehead atoms. The van der Waals surface area contributed by atoms with Gasteiger partial charge in [-0.25, -0.2) is 4.98 Å². The van der Waals surface area contributed by atoms with Gasteiger partial charge in [0.05, 0.1) is 5.69 Å². The lowest BCUT2D eigenvalue weighted by Crippen LogP contribution is -2.02. The lowest BCUT2D eigenvalue weighted by molar-refractivity contribution is 0.111. The summed E-state index contributed by atoms with van der Waals surface area (Å²) in [6.07, 6.45) is 3.50. The van der Waals surface area contributed by atoms with Gasteiger partial charge in [-0.2, -0.15) is 0 Å². The molecule has 0 fully saturated rings. The van der Waals surface area contributed by atoms with Gasteiger partial charge in [-0.3, -0.25) is 9.36 Å². The zero-order chi connectivity index (χ0) is 9.97. The quantitative estimate of drug-likeness (QED) is 0.722. The first-order valence-corrected chi connectivity index (χ1v) is 5.30. The smallest absolute Gasteiger partial charge is 0.194 e. The standard InChI is InChI=1S/C10H10N2OS/c1-2-8-3-4-9(7-13)12(8)10-11-5-6-14-10/h3-7H,2H2,1H3. The Kier molecular flexibility index (Phi) is 2.45. The van der Waals surface area contributed by atoms with E-state index in [0.29, 0.717) is 5.69 Å². The molecule has 0 aromatic carbocycles. The molecule has 0 aliphatic heterocycles. The van der Waals surface area contributed by atoms with Gasteiger partial charge in [-0.1, -0.05) is 6.92 Å². The molecule has 0 saturated carbocycles. The summed E-state index contributed by atoms with van der Waals surface area (Å²) in [6.45, 7) is 2.06. The molecular weight excluding hydrogens is 196 g/mol. The molecule has 0 N–H and O–H groups in total. The van der Waals surface area contributed by atoms with Crippen molar-refractivity contribution in [2.45, 2.75) is 13.3 Å². The lowest BCUT2D eigenvalue weighted by Gasteiger charge is -2.04. The molecule has 0 saturated heterocycles. The third kappa shape index (κ3) is 1.37. The maximum atomic E-state index is 10.8. The second-order valence-corrected chi connectivity index (χ2v) is 3.74. The van der Waals surface area contributed by atoms with Gasteiger partial charge in [-0.15, -0.1) is 11.3 Å². The average molecular weight is 206 g/mol. The highest BCUT2D eigenvalue weighted by molar-refractivity contribution is 7.12. The first-order valence-electron chi connectivity index (χ1n) is 4.42. The normalized spacial score (nSPS) is 10.4. The lowest BCUT2D eigenvalue weighted by atomic mass is 10.3. The van der Waals surface area contributed by atoms with E-state index in [-0.39, 0.29) is 0 Å². The molecular formula is C10H10N2OS. The summed E-state index contributed by atoms with van der Waals surface area (Å²) in [6, 6.07) is 3.79. The number of thiazole rings is 1. The molecule has 72 valence electrons. The van der Waals surface area contributed by atoms with Crippen molar-refractivity contribution < 1.29 is 4.79 Å². The van der Waals surface area contributed by atoms with E-state index < -0.39 is 0 Å². The Bertz CT molecular complexity index is 431. The number of rotatable bonds is 3. The molecule has 0 radical (unpaired) electrons. The van der Waals surface area contributed by atoms with Gasteiger partial charge in [0.1, 0.15) is 0 Å². The Morgan fingerprint density at radius 2 is 2.43 bits per heavy atom. The molecule has 2 heterocycles. The van der Waals surface area contributed by atoms with E-state index in [9.17, 15) is 4.79 Å². The van der Waals surface area contributed by atoms with Gasteiger partial charge in [-0.05, 0) is 18.6 Å². The topological polar surface area (TPSA) is 34.9 Å². The van der Waals surface area contributed by atoms with Crippen LogP contribution in [0.15, 0.2) is 23.7 Å². The summed E-state index contributed by atoms with van der Waals surface area (Å²) in [5.41, 5.74) is 1.78. The van der Waals surface area contributed by atoms with Gasteiger partial charge in [0.15, 0.2) is 11.4 Å². The van der Waals surface area contributed by atoms with Crippen LogP contribution in [0.3, 0.4) is 0 Å². The van der Waals surface area contributed by atoms with Crippen LogP contribution in [0.4, 0.5) is 0 Å². The third-order valence-electron chi connectivity index (χ3n) is 2.09. The second kappa shape index (κ2) is 3.75. The van der Waals surface area contributed by atoms with Crippen LogP contribution in [0, 0.1) is 0 Å². The number of aldehydes is 1. The number of aryl methyl sites for hydroxylation is 1. The fourth-order valence-corrected chi connectivity index (χ4v) is 2.12. The zero-order valence-electron chi connectivity index (χ0n) is 7.80. The van der Waals surface area contributed by atoms with E-state index in [0.717, 1.165) is 23.5 Å². The number of carbonyl (C=O) groups is 1. The van der Waals surface area contributed by atoms with Crippen molar-refractivity contribution in [3.8, 4) is 5.13 Å². The Hall–Kier alpha value is -1.42. The van der Waals surface area contributed by atoms with Gasteiger partial charge >= 0.3 is 0 Å². The maximum Gasteiger partial charge on any atom is 0.194 e. The number of hydrogen-bond acceptors (Lipinski definition) is 3. The molecule has 0 aliphatic carbocycles. The predicted octanol–water partition coefficient (Wildman–Crippen LogP) is 2.31. The summed E-state index contributed by atoms with van der Waals surface area (Å²) in [5, 5.41) is 2.76. The summed E-state index contributed by atoms with van der Waals surface area (Å²) < 4.78 is 1.90. The minimum atomic E-state index is 0.664. The SMILES string of the molecule is CCc1ccc(C=O)n1-c1nccs1. The largest absolute Gasteiger partial charge is 0.296 e. The van der Waals surface area contributed by atoms with Crippen molar-refractivity contribution in [1.29, 1.82) is 0 Å². The summed E-state index contributed by atoms with van der Waals surface area (Å²) >= 11 is 1.53. The molecule has 2 aromatic rings. The van der Waals surface area contributed by atoms with Gasteiger partial charge in [0.2, 0.25) is 0 Å². The monoisotopic (exact) mass is 206 g/mol. The highest BCUT2D eigenvalue weighted by Crippen LogP contribution is 2.18. The Morgan fingerprint density at radius 3 is 3.00 bits per heavy atom. The highest BCUT2D eigenvalue weighted by Gasteiger charge is 2.09. The Morgan fingerprint density at radius 1 is 1.57 bits per heavy atom. The van der Waals surface area contributed by atoms with E-state index >= 15 is 0 Å². The Labute approximate surface area is 86.0 Å². The van der Waals surface area contributed by atoms with Crippen molar-refractivity contribution in [1.82, 2.24) is 9.55 Å². The van der Waals surface area contributed by atoms with Crippen LogP contribution >= 0.6 is 11.3 Å². The minimum absolute atomic E-state index is 0.664. The first kappa shape index (κ1) is 9.15. The van der Waals surface area contributed by atoms with Gasteiger partial charge < -0.3 is 0 Å². The maximum absolute atomic E-state index is 10.8. The van der Waals surface area contributed by atoms with E-state index in [4.69, 9.17) is 0 Å². The van der Waals surface area contributed by atoms with Crippen LogP contribution < -0.4 is 0 Å². The third-order valence-corrected chi connectivity index (χ3v) is 2.84. The first-order chi connectivity index (χ1) is 6.86. The fraction of sp³-hybridized carbons (Fsp3) is 0.200. The Balaban J connectivity index is 2.59. The molecule has 2 rings (SSSR count). The van der Waals surface area contributed by atoms with Crippen LogP contribution in [0.1, 0.15) is 23.1 Å². The molecule has 0 unspecified atom stereocenters. The molecule has 2 aromatic heterocycles. The van der Waals surface area contributed by atoms with Crippen LogP contribution in [0.2, 0.25) is 0 Å². The number of carbonyl (C=O) groups excluding carboxylic acids is 1. The van der Waals surface area contributed by atoms with Gasteiger partial charge in [0, 0.05) is 17.3 Å². The molecule has 0 spiro atoms. The molecule has 0 atom stereocenters. The van der Waals surface area contributed by atoms with Crippen LogP contribution in [0.25, 0.3) is 5.13 Å². The minimum Gasteiger partial charge on any atom is -0.296 e. The van der Waals surface area contributed by atoms with Gasteiger partial charge in [0.25, 0.3) is 0 Å². The van der Waals surface area contributed by atoms with Crippen LogP contribution in [-0.4, -0.2) is 15.8 Å². The fourth-order valence-electron chi connectivity index (χ4n) is 1.42. The number of nitrogens with zero attached hydrogens (tertiary/aromatic N) is 2. The van der Waals surface area contributed by atoms with E-state index in [2.05, 4.69) is 11.9 Å². The van der Waals surface area contributed by atoms with Crippen LogP contribution in [0.5, 0.6) is 0 Å². The molecule has 4 heteroatoms. The summed E-state index contributed by atoms with van der Waals surface area (Å²) in [5.74, 6) is 0. The zero-order valence-corrected chi connectivity index (χ0v) is 8.62. The molecule has 14 heavy (non-hydrogen) atoms. The predicted molar refractivity (Wildman–Crippen MR) is 56.2 cm³/mol. The van der Waals surface area contributed by atoms with E-state index in [1.807, 2.05) is 22.1 Å². The molecule has 0 amide bonds. The van der Waals surface area contributed by atoms with Crippen molar-refractivity contribution in [2.24, 2.45) is 0 Å². The van der Waals surface area contributed by atoms with Crippen molar-refractivity contribution >= 4 is 17.6 Å². The second-order valence-electron chi connectivity index (χ2n) is 2.87. The number of hydrogen-bond donors (Lipinski definition) is 0. The highest BCUT2D eigenvalue weighted by atomic mass is 32.1. The van der Waals surface area contributed by atoms with Crippen molar-refractivity contribution in [2.75, 3.05) is 0 Å². The summed E-state index contributed by atoms with van der Waals surface area (Å²) in [4.78, 5) is 15.0. The van der Waals surface area contributed by atoms with Crippen LogP contribution in [-0.2, 0) is 6.42 Å².